The summed E-state index contributed by atoms with van der Waals surface area (Å²) in [7, 11) is 0. The molecule has 2 amide bonds. The molecule has 6 nitrogen and oxygen atoms in total. The van der Waals surface area contributed by atoms with Crippen molar-refractivity contribution in [2.45, 2.75) is 33.7 Å². The third-order valence-electron chi connectivity index (χ3n) is 3.45. The summed E-state index contributed by atoms with van der Waals surface area (Å²) in [6.45, 7) is 7.58. The summed E-state index contributed by atoms with van der Waals surface area (Å²) in [5.41, 5.74) is 1.56. The maximum Gasteiger partial charge on any atom is 0.225 e. The van der Waals surface area contributed by atoms with Crippen molar-refractivity contribution < 1.29 is 9.59 Å². The monoisotopic (exact) mass is 290 g/mol. The predicted molar refractivity (Wildman–Crippen MR) is 78.1 cm³/mol. The Kier molecular flexibility index (Phi) is 4.88. The van der Waals surface area contributed by atoms with Gasteiger partial charge < -0.3 is 10.2 Å². The van der Waals surface area contributed by atoms with Crippen molar-refractivity contribution in [3.05, 3.63) is 23.8 Å². The number of nitrogens with one attached hydrogen (secondary N) is 1. The van der Waals surface area contributed by atoms with Crippen molar-refractivity contribution >= 4 is 11.8 Å². The van der Waals surface area contributed by atoms with Crippen LogP contribution >= 0.6 is 0 Å². The van der Waals surface area contributed by atoms with Gasteiger partial charge in [-0.25, -0.2) is 0 Å². The number of likely N-dealkylation sites (tertiary alicyclic amines) is 1. The van der Waals surface area contributed by atoms with Crippen molar-refractivity contribution in [1.82, 2.24) is 20.2 Å². The molecule has 1 aliphatic rings. The van der Waals surface area contributed by atoms with E-state index < -0.39 is 0 Å². The van der Waals surface area contributed by atoms with Gasteiger partial charge in [-0.3, -0.25) is 19.6 Å². The van der Waals surface area contributed by atoms with Crippen LogP contribution in [0.4, 0.5) is 0 Å². The second-order valence-corrected chi connectivity index (χ2v) is 5.96. The highest BCUT2D eigenvalue weighted by Gasteiger charge is 2.34. The molecule has 0 bridgehead atoms. The molecule has 6 heteroatoms. The minimum atomic E-state index is -0.255. The summed E-state index contributed by atoms with van der Waals surface area (Å²) < 4.78 is 0. The first kappa shape index (κ1) is 15.4. The van der Waals surface area contributed by atoms with Crippen molar-refractivity contribution in [3.8, 4) is 0 Å². The first-order valence-corrected chi connectivity index (χ1v) is 7.28. The number of aryl methyl sites for hydroxylation is 1. The van der Waals surface area contributed by atoms with Crippen LogP contribution in [0, 0.1) is 18.8 Å². The smallest absolute Gasteiger partial charge is 0.225 e. The average molecular weight is 290 g/mol. The normalized spacial score (nSPS) is 18.4. The third-order valence-corrected chi connectivity index (χ3v) is 3.45. The SMILES string of the molecule is Cc1cnc(CNC(=O)C2CC(=O)N(CC(C)C)C2)cn1. The molecule has 1 N–H and O–H groups in total. The van der Waals surface area contributed by atoms with Crippen LogP contribution in [0.2, 0.25) is 0 Å². The quantitative estimate of drug-likeness (QED) is 0.874. The highest BCUT2D eigenvalue weighted by Crippen LogP contribution is 2.19. The molecule has 1 aliphatic heterocycles. The van der Waals surface area contributed by atoms with E-state index >= 15 is 0 Å². The van der Waals surface area contributed by atoms with Gasteiger partial charge in [0.05, 0.1) is 30.0 Å². The molecular weight excluding hydrogens is 268 g/mol. The molecule has 1 atom stereocenters. The number of hydrogen-bond acceptors (Lipinski definition) is 4. The van der Waals surface area contributed by atoms with Crippen LogP contribution in [0.25, 0.3) is 0 Å². The Hall–Kier alpha value is -1.98. The van der Waals surface area contributed by atoms with Gasteiger partial charge in [-0.1, -0.05) is 13.8 Å². The van der Waals surface area contributed by atoms with E-state index in [0.717, 1.165) is 11.4 Å². The minimum absolute atomic E-state index is 0.0685. The molecule has 0 aromatic carbocycles. The van der Waals surface area contributed by atoms with E-state index in [9.17, 15) is 9.59 Å². The number of carbonyl (C=O) groups is 2. The lowest BCUT2D eigenvalue weighted by atomic mass is 10.1. The molecule has 1 aromatic rings. The molecule has 1 fully saturated rings. The Labute approximate surface area is 125 Å². The second-order valence-electron chi connectivity index (χ2n) is 5.96. The molecule has 0 saturated carbocycles. The topological polar surface area (TPSA) is 75.2 Å². The van der Waals surface area contributed by atoms with Crippen LogP contribution in [0.1, 0.15) is 31.7 Å². The Morgan fingerprint density at radius 2 is 2.19 bits per heavy atom. The molecule has 2 heterocycles. The van der Waals surface area contributed by atoms with Crippen LogP contribution in [-0.2, 0) is 16.1 Å². The molecule has 1 saturated heterocycles. The lowest BCUT2D eigenvalue weighted by Crippen LogP contribution is -2.34. The predicted octanol–water partition coefficient (Wildman–Crippen LogP) is 0.906. The zero-order valence-electron chi connectivity index (χ0n) is 12.8. The third kappa shape index (κ3) is 4.24. The highest BCUT2D eigenvalue weighted by atomic mass is 16.2. The van der Waals surface area contributed by atoms with Gasteiger partial charge in [0, 0.05) is 25.7 Å². The number of nitrogens with zero attached hydrogens (tertiary/aromatic N) is 3. The van der Waals surface area contributed by atoms with Gasteiger partial charge in [0.1, 0.15) is 0 Å². The molecule has 0 radical (unpaired) electrons. The molecule has 114 valence electrons. The fourth-order valence-electron chi connectivity index (χ4n) is 2.40. The number of aromatic nitrogens is 2. The van der Waals surface area contributed by atoms with Crippen molar-refractivity contribution in [2.24, 2.45) is 11.8 Å². The average Bonchev–Trinajstić information content (AvgIpc) is 2.78. The summed E-state index contributed by atoms with van der Waals surface area (Å²) in [6, 6.07) is 0. The van der Waals surface area contributed by atoms with E-state index in [1.807, 2.05) is 6.92 Å². The standard InChI is InChI=1S/C15H22N4O2/c1-10(2)8-19-9-12(4-14(19)20)15(21)18-7-13-6-16-11(3)5-17-13/h5-6,10,12H,4,7-9H2,1-3H3,(H,18,21). The summed E-state index contributed by atoms with van der Waals surface area (Å²) in [5, 5.41) is 2.83. The van der Waals surface area contributed by atoms with E-state index in [0.29, 0.717) is 32.0 Å². The summed E-state index contributed by atoms with van der Waals surface area (Å²) in [6.07, 6.45) is 3.63. The van der Waals surface area contributed by atoms with Crippen LogP contribution < -0.4 is 5.32 Å². The number of amides is 2. The van der Waals surface area contributed by atoms with Crippen LogP contribution in [0.5, 0.6) is 0 Å². The van der Waals surface area contributed by atoms with Gasteiger partial charge in [-0.15, -0.1) is 0 Å². The maximum absolute atomic E-state index is 12.1. The van der Waals surface area contributed by atoms with Gasteiger partial charge >= 0.3 is 0 Å². The summed E-state index contributed by atoms with van der Waals surface area (Å²) in [4.78, 5) is 34.1. The van der Waals surface area contributed by atoms with Crippen LogP contribution in [-0.4, -0.2) is 39.8 Å². The van der Waals surface area contributed by atoms with Gasteiger partial charge in [0.2, 0.25) is 11.8 Å². The van der Waals surface area contributed by atoms with Crippen LogP contribution in [0.3, 0.4) is 0 Å². The molecule has 0 spiro atoms. The molecule has 2 rings (SSSR count). The highest BCUT2D eigenvalue weighted by molar-refractivity contribution is 5.89. The number of hydrogen-bond donors (Lipinski definition) is 1. The van der Waals surface area contributed by atoms with E-state index in [4.69, 9.17) is 0 Å². The first-order valence-electron chi connectivity index (χ1n) is 7.28. The summed E-state index contributed by atoms with van der Waals surface area (Å²) in [5.74, 6) is 0.143. The Morgan fingerprint density at radius 1 is 1.43 bits per heavy atom. The van der Waals surface area contributed by atoms with Crippen molar-refractivity contribution in [3.63, 3.8) is 0 Å². The fraction of sp³-hybridized carbons (Fsp3) is 0.600. The minimum Gasteiger partial charge on any atom is -0.350 e. The molecule has 1 aromatic heterocycles. The summed E-state index contributed by atoms with van der Waals surface area (Å²) >= 11 is 0. The van der Waals surface area contributed by atoms with Gasteiger partial charge in [-0.05, 0) is 12.8 Å². The Morgan fingerprint density at radius 3 is 2.81 bits per heavy atom. The van der Waals surface area contributed by atoms with Gasteiger partial charge in [-0.2, -0.15) is 0 Å². The lowest BCUT2D eigenvalue weighted by molar-refractivity contribution is -0.129. The molecule has 21 heavy (non-hydrogen) atoms. The van der Waals surface area contributed by atoms with E-state index in [-0.39, 0.29) is 17.7 Å². The van der Waals surface area contributed by atoms with E-state index in [1.54, 1.807) is 17.3 Å². The van der Waals surface area contributed by atoms with Gasteiger partial charge in [0.25, 0.3) is 0 Å². The molecular formula is C15H22N4O2. The fourth-order valence-corrected chi connectivity index (χ4v) is 2.40. The Bertz CT molecular complexity index is 513. The zero-order valence-corrected chi connectivity index (χ0v) is 12.8. The zero-order chi connectivity index (χ0) is 15.4. The molecule has 1 unspecified atom stereocenters. The first-order chi connectivity index (χ1) is 9.95. The van der Waals surface area contributed by atoms with Crippen molar-refractivity contribution in [2.75, 3.05) is 13.1 Å². The van der Waals surface area contributed by atoms with Crippen LogP contribution in [0.15, 0.2) is 12.4 Å². The Balaban J connectivity index is 1.84. The van der Waals surface area contributed by atoms with Gasteiger partial charge in [0.15, 0.2) is 0 Å². The molecule has 0 aliphatic carbocycles. The van der Waals surface area contributed by atoms with E-state index in [2.05, 4.69) is 29.1 Å². The lowest BCUT2D eigenvalue weighted by Gasteiger charge is -2.18. The maximum atomic E-state index is 12.1. The number of carbonyl (C=O) groups excluding carboxylic acids is 2. The second kappa shape index (κ2) is 6.65. The van der Waals surface area contributed by atoms with Crippen molar-refractivity contribution in [1.29, 1.82) is 0 Å². The number of rotatable bonds is 5. The largest absolute Gasteiger partial charge is 0.350 e. The van der Waals surface area contributed by atoms with E-state index in [1.165, 1.54) is 0 Å².